The molecule has 1 aromatic carbocycles. The van der Waals surface area contributed by atoms with Crippen molar-refractivity contribution in [3.8, 4) is 0 Å². The Kier molecular flexibility index (Phi) is 2.80. The third-order valence-electron chi connectivity index (χ3n) is 3.00. The van der Waals surface area contributed by atoms with Crippen LogP contribution in [0.15, 0.2) is 48.8 Å². The van der Waals surface area contributed by atoms with E-state index < -0.39 is 0 Å². The summed E-state index contributed by atoms with van der Waals surface area (Å²) in [5, 5.41) is 0.768. The molecule has 0 aliphatic rings. The molecule has 0 saturated heterocycles. The molecule has 0 bridgehead atoms. The lowest BCUT2D eigenvalue weighted by atomic mass is 10.1. The van der Waals surface area contributed by atoms with Crippen LogP contribution in [0.1, 0.15) is 17.0 Å². The molecular weight excluding hydrogens is 244 g/mol. The molecule has 3 heteroatoms. The summed E-state index contributed by atoms with van der Waals surface area (Å²) in [4.78, 5) is 4.48. The second-order valence-electron chi connectivity index (χ2n) is 4.48. The number of nitrogens with zero attached hydrogens (tertiary/aromatic N) is 2. The average molecular weight is 257 g/mol. The Morgan fingerprint density at radius 1 is 1.22 bits per heavy atom. The van der Waals surface area contributed by atoms with Gasteiger partial charge in [0.1, 0.15) is 5.82 Å². The lowest BCUT2D eigenvalue weighted by Gasteiger charge is -2.03. The van der Waals surface area contributed by atoms with Crippen molar-refractivity contribution in [2.24, 2.45) is 0 Å². The van der Waals surface area contributed by atoms with Gasteiger partial charge in [0.2, 0.25) is 0 Å². The minimum Gasteiger partial charge on any atom is -0.303 e. The standard InChI is InChI=1S/C15H13ClN2/c1-11-5-6-14-9-17-15(18(14)10-11)8-12-3-2-4-13(16)7-12/h2-7,9-10H,8H2,1H3. The van der Waals surface area contributed by atoms with Crippen LogP contribution in [0, 0.1) is 6.92 Å². The summed E-state index contributed by atoms with van der Waals surface area (Å²) in [7, 11) is 0. The molecule has 0 amide bonds. The largest absolute Gasteiger partial charge is 0.303 e. The Balaban J connectivity index is 2.02. The molecule has 0 aliphatic heterocycles. The number of imidazole rings is 1. The van der Waals surface area contributed by atoms with Gasteiger partial charge in [-0.15, -0.1) is 0 Å². The van der Waals surface area contributed by atoms with Gasteiger partial charge in [0.15, 0.2) is 0 Å². The molecule has 2 nitrogen and oxygen atoms in total. The van der Waals surface area contributed by atoms with Crippen molar-refractivity contribution >= 4 is 17.1 Å². The Morgan fingerprint density at radius 2 is 2.11 bits per heavy atom. The van der Waals surface area contributed by atoms with Gasteiger partial charge in [-0.05, 0) is 36.2 Å². The van der Waals surface area contributed by atoms with Gasteiger partial charge in [-0.3, -0.25) is 0 Å². The monoisotopic (exact) mass is 256 g/mol. The molecule has 90 valence electrons. The zero-order valence-electron chi connectivity index (χ0n) is 10.1. The first kappa shape index (κ1) is 11.3. The lowest BCUT2D eigenvalue weighted by Crippen LogP contribution is -1.96. The predicted molar refractivity (Wildman–Crippen MR) is 74.2 cm³/mol. The number of fused-ring (bicyclic) bond motifs is 1. The van der Waals surface area contributed by atoms with E-state index in [-0.39, 0.29) is 0 Å². The van der Waals surface area contributed by atoms with Gasteiger partial charge in [-0.25, -0.2) is 4.98 Å². The number of aryl methyl sites for hydroxylation is 1. The van der Waals surface area contributed by atoms with Crippen molar-refractivity contribution in [3.05, 3.63) is 70.8 Å². The Bertz CT molecular complexity index is 701. The maximum Gasteiger partial charge on any atom is 0.117 e. The van der Waals surface area contributed by atoms with Crippen LogP contribution >= 0.6 is 11.6 Å². The predicted octanol–water partition coefficient (Wildman–Crippen LogP) is 3.89. The summed E-state index contributed by atoms with van der Waals surface area (Å²) in [6.07, 6.45) is 4.81. The molecule has 18 heavy (non-hydrogen) atoms. The first-order chi connectivity index (χ1) is 8.72. The van der Waals surface area contributed by atoms with E-state index in [1.807, 2.05) is 24.4 Å². The fourth-order valence-corrected chi connectivity index (χ4v) is 2.32. The van der Waals surface area contributed by atoms with Crippen molar-refractivity contribution in [1.82, 2.24) is 9.38 Å². The lowest BCUT2D eigenvalue weighted by molar-refractivity contribution is 0.956. The SMILES string of the molecule is Cc1ccc2cnc(Cc3cccc(Cl)c3)n2c1. The topological polar surface area (TPSA) is 17.3 Å². The maximum absolute atomic E-state index is 6.00. The number of hydrogen-bond donors (Lipinski definition) is 0. The van der Waals surface area contributed by atoms with Crippen LogP contribution in [0.2, 0.25) is 5.02 Å². The van der Waals surface area contributed by atoms with Crippen LogP contribution in [0.4, 0.5) is 0 Å². The number of benzene rings is 1. The highest BCUT2D eigenvalue weighted by molar-refractivity contribution is 6.30. The van der Waals surface area contributed by atoms with E-state index in [1.165, 1.54) is 11.1 Å². The van der Waals surface area contributed by atoms with E-state index in [9.17, 15) is 0 Å². The van der Waals surface area contributed by atoms with Crippen LogP contribution < -0.4 is 0 Å². The number of rotatable bonds is 2. The summed E-state index contributed by atoms with van der Waals surface area (Å²) in [6.45, 7) is 2.09. The molecule has 3 rings (SSSR count). The Labute approximate surface area is 111 Å². The molecular formula is C15H13ClN2. The second kappa shape index (κ2) is 4.46. The first-order valence-electron chi connectivity index (χ1n) is 5.89. The molecule has 2 heterocycles. The van der Waals surface area contributed by atoms with E-state index in [0.29, 0.717) is 0 Å². The zero-order chi connectivity index (χ0) is 12.5. The minimum atomic E-state index is 0.768. The molecule has 0 spiro atoms. The summed E-state index contributed by atoms with van der Waals surface area (Å²) in [5.41, 5.74) is 3.53. The second-order valence-corrected chi connectivity index (χ2v) is 4.92. The van der Waals surface area contributed by atoms with Crippen molar-refractivity contribution in [3.63, 3.8) is 0 Å². The van der Waals surface area contributed by atoms with E-state index in [0.717, 1.165) is 22.8 Å². The molecule has 0 aliphatic carbocycles. The van der Waals surface area contributed by atoms with E-state index in [4.69, 9.17) is 11.6 Å². The van der Waals surface area contributed by atoms with Gasteiger partial charge in [-0.1, -0.05) is 29.8 Å². The molecule has 0 saturated carbocycles. The smallest absolute Gasteiger partial charge is 0.117 e. The van der Waals surface area contributed by atoms with Crippen molar-refractivity contribution < 1.29 is 0 Å². The Hall–Kier alpha value is -1.80. The Morgan fingerprint density at radius 3 is 2.94 bits per heavy atom. The van der Waals surface area contributed by atoms with Gasteiger partial charge < -0.3 is 4.40 Å². The van der Waals surface area contributed by atoms with E-state index >= 15 is 0 Å². The van der Waals surface area contributed by atoms with Crippen molar-refractivity contribution in [2.75, 3.05) is 0 Å². The summed E-state index contributed by atoms with van der Waals surface area (Å²) < 4.78 is 2.14. The molecule has 0 N–H and O–H groups in total. The highest BCUT2D eigenvalue weighted by atomic mass is 35.5. The van der Waals surface area contributed by atoms with Crippen molar-refractivity contribution in [2.45, 2.75) is 13.3 Å². The molecule has 0 radical (unpaired) electrons. The highest BCUT2D eigenvalue weighted by Gasteiger charge is 2.05. The molecule has 3 aromatic rings. The van der Waals surface area contributed by atoms with Gasteiger partial charge in [-0.2, -0.15) is 0 Å². The van der Waals surface area contributed by atoms with E-state index in [1.54, 1.807) is 0 Å². The van der Waals surface area contributed by atoms with Gasteiger partial charge in [0.25, 0.3) is 0 Å². The number of halogens is 1. The minimum absolute atomic E-state index is 0.768. The summed E-state index contributed by atoms with van der Waals surface area (Å²) in [5.74, 6) is 1.04. The number of aromatic nitrogens is 2. The third-order valence-corrected chi connectivity index (χ3v) is 3.24. The van der Waals surface area contributed by atoms with Crippen LogP contribution in [0.3, 0.4) is 0 Å². The van der Waals surface area contributed by atoms with E-state index in [2.05, 4.69) is 40.7 Å². The van der Waals surface area contributed by atoms with Gasteiger partial charge in [0.05, 0.1) is 11.7 Å². The maximum atomic E-state index is 6.00. The molecule has 2 aromatic heterocycles. The third kappa shape index (κ3) is 2.12. The molecule has 0 unspecified atom stereocenters. The van der Waals surface area contributed by atoms with Gasteiger partial charge >= 0.3 is 0 Å². The molecule has 0 atom stereocenters. The number of pyridine rings is 1. The normalized spacial score (nSPS) is 11.0. The number of hydrogen-bond acceptors (Lipinski definition) is 1. The van der Waals surface area contributed by atoms with Gasteiger partial charge in [0, 0.05) is 17.6 Å². The molecule has 0 fully saturated rings. The van der Waals surface area contributed by atoms with Crippen LogP contribution in [-0.2, 0) is 6.42 Å². The quantitative estimate of drug-likeness (QED) is 0.680. The zero-order valence-corrected chi connectivity index (χ0v) is 10.9. The van der Waals surface area contributed by atoms with Crippen molar-refractivity contribution in [1.29, 1.82) is 0 Å². The van der Waals surface area contributed by atoms with Crippen LogP contribution in [0.25, 0.3) is 5.52 Å². The first-order valence-corrected chi connectivity index (χ1v) is 6.27. The van der Waals surface area contributed by atoms with Crippen LogP contribution in [0.5, 0.6) is 0 Å². The fraction of sp³-hybridized carbons (Fsp3) is 0.133. The van der Waals surface area contributed by atoms with Crippen LogP contribution in [-0.4, -0.2) is 9.38 Å². The fourth-order valence-electron chi connectivity index (χ4n) is 2.11. The summed E-state index contributed by atoms with van der Waals surface area (Å²) >= 11 is 6.00. The highest BCUT2D eigenvalue weighted by Crippen LogP contribution is 2.16. The summed E-state index contributed by atoms with van der Waals surface area (Å²) in [6, 6.07) is 12.1. The average Bonchev–Trinajstić information content (AvgIpc) is 2.72.